The first-order chi connectivity index (χ1) is 9.19. The summed E-state index contributed by atoms with van der Waals surface area (Å²) in [6, 6.07) is -0.237. The molecule has 0 bridgehead atoms. The molecule has 8 nitrogen and oxygen atoms in total. The van der Waals surface area contributed by atoms with Gasteiger partial charge in [-0.1, -0.05) is 13.3 Å². The average Bonchev–Trinajstić information content (AvgIpc) is 2.82. The van der Waals surface area contributed by atoms with E-state index in [2.05, 4.69) is 15.5 Å². The van der Waals surface area contributed by atoms with Crippen molar-refractivity contribution < 1.29 is 19.4 Å². The van der Waals surface area contributed by atoms with Crippen molar-refractivity contribution in [1.82, 2.24) is 20.2 Å². The third-order valence-corrected chi connectivity index (χ3v) is 2.60. The zero-order valence-corrected chi connectivity index (χ0v) is 11.3. The molecule has 0 spiro atoms. The fourth-order valence-electron chi connectivity index (χ4n) is 1.74. The van der Waals surface area contributed by atoms with Gasteiger partial charge in [0.2, 0.25) is 0 Å². The highest BCUT2D eigenvalue weighted by molar-refractivity contribution is 5.67. The number of nitrogens with zero attached hydrogens (tertiary/aromatic N) is 4. The molecule has 108 valence electrons. The molecule has 0 aliphatic carbocycles. The third-order valence-electron chi connectivity index (χ3n) is 2.60. The van der Waals surface area contributed by atoms with Gasteiger partial charge < -0.3 is 14.6 Å². The van der Waals surface area contributed by atoms with Crippen LogP contribution in [0.2, 0.25) is 0 Å². The highest BCUT2D eigenvalue weighted by Gasteiger charge is 2.19. The molecule has 0 aliphatic rings. The van der Waals surface area contributed by atoms with Crippen LogP contribution in [-0.4, -0.2) is 51.6 Å². The number of rotatable bonds is 10. The van der Waals surface area contributed by atoms with Crippen molar-refractivity contribution in [2.45, 2.75) is 38.8 Å². The molecule has 0 fully saturated rings. The Labute approximate surface area is 111 Å². The fraction of sp³-hybridized carbons (Fsp3) is 0.818. The molecule has 1 unspecified atom stereocenters. The molecule has 0 amide bonds. The van der Waals surface area contributed by atoms with E-state index in [1.165, 1.54) is 0 Å². The van der Waals surface area contributed by atoms with Crippen LogP contribution in [0.5, 0.6) is 0 Å². The Morgan fingerprint density at radius 3 is 2.89 bits per heavy atom. The standard InChI is InChI=1S/C11H20N4O4/c1-3-4-9(7-11(16)17)15-10(12-13-14-15)8-19-6-5-18-2/h9H,3-8H2,1-2H3,(H,16,17). The van der Waals surface area contributed by atoms with Gasteiger partial charge in [-0.15, -0.1) is 5.10 Å². The lowest BCUT2D eigenvalue weighted by atomic mass is 10.1. The first-order valence-corrected chi connectivity index (χ1v) is 6.24. The lowest BCUT2D eigenvalue weighted by molar-refractivity contribution is -0.138. The van der Waals surface area contributed by atoms with Crippen LogP contribution in [0.4, 0.5) is 0 Å². The van der Waals surface area contributed by atoms with Crippen LogP contribution in [0.3, 0.4) is 0 Å². The summed E-state index contributed by atoms with van der Waals surface area (Å²) in [6.45, 7) is 3.18. The lowest BCUT2D eigenvalue weighted by Gasteiger charge is -2.15. The number of ether oxygens (including phenoxy) is 2. The van der Waals surface area contributed by atoms with Crippen molar-refractivity contribution >= 4 is 5.97 Å². The van der Waals surface area contributed by atoms with Gasteiger partial charge in [-0.05, 0) is 16.8 Å². The molecule has 19 heavy (non-hydrogen) atoms. The first-order valence-electron chi connectivity index (χ1n) is 6.24. The molecular formula is C11H20N4O4. The van der Waals surface area contributed by atoms with E-state index < -0.39 is 5.97 Å². The van der Waals surface area contributed by atoms with Crippen LogP contribution in [0, 0.1) is 0 Å². The van der Waals surface area contributed by atoms with Gasteiger partial charge in [-0.25, -0.2) is 4.68 Å². The molecule has 8 heteroatoms. The van der Waals surface area contributed by atoms with Gasteiger partial charge in [0, 0.05) is 7.11 Å². The molecule has 1 aromatic heterocycles. The van der Waals surface area contributed by atoms with E-state index >= 15 is 0 Å². The number of tetrazole rings is 1. The van der Waals surface area contributed by atoms with Crippen LogP contribution in [0.15, 0.2) is 0 Å². The summed E-state index contributed by atoms with van der Waals surface area (Å²) in [4.78, 5) is 10.9. The van der Waals surface area contributed by atoms with E-state index in [9.17, 15) is 4.79 Å². The third kappa shape index (κ3) is 5.31. The van der Waals surface area contributed by atoms with Gasteiger partial charge in [-0.3, -0.25) is 4.79 Å². The van der Waals surface area contributed by atoms with E-state index in [0.29, 0.717) is 25.5 Å². The van der Waals surface area contributed by atoms with Crippen molar-refractivity contribution in [3.8, 4) is 0 Å². The smallest absolute Gasteiger partial charge is 0.305 e. The second kappa shape index (κ2) is 8.54. The van der Waals surface area contributed by atoms with Crippen molar-refractivity contribution in [2.75, 3.05) is 20.3 Å². The number of carboxylic acid groups (broad SMARTS) is 1. The van der Waals surface area contributed by atoms with Crippen LogP contribution >= 0.6 is 0 Å². The summed E-state index contributed by atoms with van der Waals surface area (Å²) in [5.74, 6) is -0.323. The number of aromatic nitrogens is 4. The Hall–Kier alpha value is -1.54. The van der Waals surface area contributed by atoms with E-state index in [0.717, 1.165) is 6.42 Å². The number of hydrogen-bond acceptors (Lipinski definition) is 6. The number of methoxy groups -OCH3 is 1. The molecule has 1 heterocycles. The summed E-state index contributed by atoms with van der Waals surface area (Å²) in [6.07, 6.45) is 1.58. The van der Waals surface area contributed by atoms with E-state index in [1.54, 1.807) is 11.8 Å². The van der Waals surface area contributed by atoms with E-state index in [1.807, 2.05) is 6.92 Å². The van der Waals surface area contributed by atoms with Crippen molar-refractivity contribution in [2.24, 2.45) is 0 Å². The molecule has 1 atom stereocenters. The molecule has 0 saturated heterocycles. The molecule has 0 aromatic carbocycles. The Morgan fingerprint density at radius 1 is 1.47 bits per heavy atom. The molecule has 1 aromatic rings. The molecule has 1 rings (SSSR count). The van der Waals surface area contributed by atoms with Gasteiger partial charge in [0.05, 0.1) is 25.7 Å². The SMILES string of the molecule is CCCC(CC(=O)O)n1nnnc1COCCOC. The summed E-state index contributed by atoms with van der Waals surface area (Å²) in [5, 5.41) is 20.2. The predicted octanol–water partition coefficient (Wildman–Crippen LogP) is 0.652. The summed E-state index contributed by atoms with van der Waals surface area (Å²) >= 11 is 0. The zero-order valence-electron chi connectivity index (χ0n) is 11.3. The number of carboxylic acids is 1. The normalized spacial score (nSPS) is 12.5. The monoisotopic (exact) mass is 272 g/mol. The maximum atomic E-state index is 10.9. The topological polar surface area (TPSA) is 99.4 Å². The maximum Gasteiger partial charge on any atom is 0.305 e. The van der Waals surface area contributed by atoms with Gasteiger partial charge in [-0.2, -0.15) is 0 Å². The highest BCUT2D eigenvalue weighted by Crippen LogP contribution is 2.18. The van der Waals surface area contributed by atoms with Gasteiger partial charge in [0.15, 0.2) is 5.82 Å². The second-order valence-electron chi connectivity index (χ2n) is 4.13. The lowest BCUT2D eigenvalue weighted by Crippen LogP contribution is -2.18. The second-order valence-corrected chi connectivity index (χ2v) is 4.13. The van der Waals surface area contributed by atoms with Crippen LogP contribution in [-0.2, 0) is 20.9 Å². The molecule has 0 radical (unpaired) electrons. The molecule has 1 N–H and O–H groups in total. The van der Waals surface area contributed by atoms with Crippen molar-refractivity contribution in [3.05, 3.63) is 5.82 Å². The van der Waals surface area contributed by atoms with Gasteiger partial charge in [0.1, 0.15) is 6.61 Å². The van der Waals surface area contributed by atoms with Crippen LogP contribution < -0.4 is 0 Å². The minimum Gasteiger partial charge on any atom is -0.481 e. The predicted molar refractivity (Wildman–Crippen MR) is 65.5 cm³/mol. The minimum atomic E-state index is -0.861. The van der Waals surface area contributed by atoms with Gasteiger partial charge >= 0.3 is 5.97 Å². The van der Waals surface area contributed by atoms with Crippen molar-refractivity contribution in [1.29, 1.82) is 0 Å². The summed E-state index contributed by atoms with van der Waals surface area (Å²) < 4.78 is 11.8. The Bertz CT molecular complexity index is 383. The Morgan fingerprint density at radius 2 is 2.26 bits per heavy atom. The molecule has 0 aliphatic heterocycles. The number of hydrogen-bond donors (Lipinski definition) is 1. The van der Waals surface area contributed by atoms with E-state index in [-0.39, 0.29) is 19.1 Å². The Balaban J connectivity index is 2.63. The molecular weight excluding hydrogens is 252 g/mol. The highest BCUT2D eigenvalue weighted by atomic mass is 16.5. The van der Waals surface area contributed by atoms with Gasteiger partial charge in [0.25, 0.3) is 0 Å². The Kier molecular flexibility index (Phi) is 6.98. The number of carbonyl (C=O) groups is 1. The fourth-order valence-corrected chi connectivity index (χ4v) is 1.74. The first kappa shape index (κ1) is 15.5. The van der Waals surface area contributed by atoms with E-state index in [4.69, 9.17) is 14.6 Å². The van der Waals surface area contributed by atoms with Crippen LogP contribution in [0.25, 0.3) is 0 Å². The largest absolute Gasteiger partial charge is 0.481 e. The number of aliphatic carboxylic acids is 1. The molecule has 0 saturated carbocycles. The zero-order chi connectivity index (χ0) is 14.1. The quantitative estimate of drug-likeness (QED) is 0.624. The minimum absolute atomic E-state index is 0.00392. The van der Waals surface area contributed by atoms with Crippen molar-refractivity contribution in [3.63, 3.8) is 0 Å². The average molecular weight is 272 g/mol. The summed E-state index contributed by atoms with van der Waals surface area (Å²) in [5.41, 5.74) is 0. The van der Waals surface area contributed by atoms with Crippen LogP contribution in [0.1, 0.15) is 38.1 Å². The maximum absolute atomic E-state index is 10.9. The summed E-state index contributed by atoms with van der Waals surface area (Å²) in [7, 11) is 1.59.